The van der Waals surface area contributed by atoms with Crippen molar-refractivity contribution in [3.63, 3.8) is 0 Å². The van der Waals surface area contributed by atoms with Crippen LogP contribution in [-0.4, -0.2) is 28.2 Å². The molecule has 140 valence electrons. The van der Waals surface area contributed by atoms with Gasteiger partial charge in [-0.3, -0.25) is 14.6 Å². The Hall–Kier alpha value is -2.21. The smallest absolute Gasteiger partial charge is 0.226 e. The summed E-state index contributed by atoms with van der Waals surface area (Å²) in [6.07, 6.45) is 4.97. The van der Waals surface area contributed by atoms with Crippen LogP contribution in [-0.2, 0) is 21.7 Å². The lowest BCUT2D eigenvalue weighted by Gasteiger charge is -2.43. The molecule has 0 radical (unpaired) electrons. The van der Waals surface area contributed by atoms with Crippen molar-refractivity contribution in [2.75, 3.05) is 6.54 Å². The van der Waals surface area contributed by atoms with Crippen molar-refractivity contribution < 1.29 is 9.59 Å². The summed E-state index contributed by atoms with van der Waals surface area (Å²) >= 11 is 3.52. The van der Waals surface area contributed by atoms with Crippen molar-refractivity contribution in [2.24, 2.45) is 5.92 Å². The molecule has 0 unspecified atom stereocenters. The molecular weight excluding hydrogens is 406 g/mol. The number of amides is 2. The maximum absolute atomic E-state index is 12.9. The number of carbonyl (C=O) groups excluding carboxylic acids is 2. The second-order valence-electron chi connectivity index (χ2n) is 7.43. The summed E-state index contributed by atoms with van der Waals surface area (Å²) in [5.41, 5.74) is 1.68. The van der Waals surface area contributed by atoms with Crippen LogP contribution >= 0.6 is 15.9 Å². The molecule has 2 aliphatic rings. The topological polar surface area (TPSA) is 62.3 Å². The first-order valence-corrected chi connectivity index (χ1v) is 10.1. The minimum absolute atomic E-state index is 0.0194. The number of nitrogens with zero attached hydrogens (tertiary/aromatic N) is 2. The Bertz CT molecular complexity index is 852. The molecule has 4 rings (SSSR count). The average Bonchev–Trinajstić information content (AvgIpc) is 2.99. The Labute approximate surface area is 167 Å². The number of rotatable bonds is 5. The van der Waals surface area contributed by atoms with Crippen molar-refractivity contribution in [1.82, 2.24) is 15.2 Å². The van der Waals surface area contributed by atoms with Gasteiger partial charge in [-0.2, -0.15) is 0 Å². The van der Waals surface area contributed by atoms with E-state index in [1.165, 1.54) is 0 Å². The molecule has 1 saturated carbocycles. The molecule has 27 heavy (non-hydrogen) atoms. The van der Waals surface area contributed by atoms with Gasteiger partial charge < -0.3 is 10.2 Å². The van der Waals surface area contributed by atoms with E-state index in [4.69, 9.17) is 0 Å². The van der Waals surface area contributed by atoms with Crippen LogP contribution in [0, 0.1) is 5.92 Å². The van der Waals surface area contributed by atoms with Crippen molar-refractivity contribution in [2.45, 2.75) is 37.8 Å². The maximum Gasteiger partial charge on any atom is 0.226 e. The maximum atomic E-state index is 12.9. The number of hydrogen-bond donors (Lipinski definition) is 1. The second-order valence-corrected chi connectivity index (χ2v) is 8.35. The molecule has 2 amide bonds. The summed E-state index contributed by atoms with van der Waals surface area (Å²) in [4.78, 5) is 31.3. The van der Waals surface area contributed by atoms with Crippen molar-refractivity contribution >= 4 is 27.7 Å². The first kappa shape index (κ1) is 18.2. The molecule has 1 saturated heterocycles. The van der Waals surface area contributed by atoms with Gasteiger partial charge in [0.2, 0.25) is 11.8 Å². The molecule has 1 aromatic carbocycles. The zero-order chi connectivity index (χ0) is 18.9. The number of nitrogens with one attached hydrogen (secondary N) is 1. The van der Waals surface area contributed by atoms with E-state index in [9.17, 15) is 9.59 Å². The van der Waals surface area contributed by atoms with Crippen LogP contribution < -0.4 is 5.32 Å². The molecule has 1 N–H and O–H groups in total. The van der Waals surface area contributed by atoms with Crippen LogP contribution in [0.3, 0.4) is 0 Å². The number of likely N-dealkylation sites (tertiary alicyclic amines) is 1. The normalized spacial score (nSPS) is 21.0. The van der Waals surface area contributed by atoms with Crippen LogP contribution in [0.2, 0.25) is 0 Å². The lowest BCUT2D eigenvalue weighted by Crippen LogP contribution is -2.52. The highest BCUT2D eigenvalue weighted by molar-refractivity contribution is 9.10. The summed E-state index contributed by atoms with van der Waals surface area (Å²) in [6, 6.07) is 13.8. The van der Waals surface area contributed by atoms with E-state index in [-0.39, 0.29) is 29.7 Å². The zero-order valence-corrected chi connectivity index (χ0v) is 16.6. The van der Waals surface area contributed by atoms with Crippen LogP contribution in [0.4, 0.5) is 0 Å². The van der Waals surface area contributed by atoms with Crippen LogP contribution in [0.1, 0.15) is 36.9 Å². The highest BCUT2D eigenvalue weighted by Gasteiger charge is 2.43. The van der Waals surface area contributed by atoms with Crippen LogP contribution in [0.5, 0.6) is 0 Å². The Kier molecular flexibility index (Phi) is 5.00. The summed E-state index contributed by atoms with van der Waals surface area (Å²) in [5, 5.41) is 3.27. The molecule has 1 aliphatic carbocycles. The Balaban J connectivity index is 1.43. The average molecular weight is 428 g/mol. The molecule has 1 atom stereocenters. The predicted molar refractivity (Wildman–Crippen MR) is 106 cm³/mol. The predicted octanol–water partition coefficient (Wildman–Crippen LogP) is 3.39. The molecule has 1 aromatic heterocycles. The third-order valence-electron chi connectivity index (χ3n) is 5.61. The highest BCUT2D eigenvalue weighted by atomic mass is 79.9. The summed E-state index contributed by atoms with van der Waals surface area (Å²) in [6.45, 7) is 0.913. The molecular formula is C21H22BrN3O2. The molecule has 0 spiro atoms. The quantitative estimate of drug-likeness (QED) is 0.795. The Morgan fingerprint density at radius 3 is 2.78 bits per heavy atom. The molecule has 0 bridgehead atoms. The fourth-order valence-corrected chi connectivity index (χ4v) is 4.33. The van der Waals surface area contributed by atoms with Gasteiger partial charge in [-0.15, -0.1) is 0 Å². The van der Waals surface area contributed by atoms with Gasteiger partial charge in [0.25, 0.3) is 0 Å². The van der Waals surface area contributed by atoms with Crippen molar-refractivity contribution in [1.29, 1.82) is 0 Å². The highest BCUT2D eigenvalue weighted by Crippen LogP contribution is 2.42. The van der Waals surface area contributed by atoms with E-state index >= 15 is 0 Å². The van der Waals surface area contributed by atoms with E-state index < -0.39 is 0 Å². The van der Waals surface area contributed by atoms with E-state index in [1.807, 2.05) is 30.3 Å². The van der Waals surface area contributed by atoms with Crippen LogP contribution in [0.15, 0.2) is 53.1 Å². The van der Waals surface area contributed by atoms with Crippen LogP contribution in [0.25, 0.3) is 0 Å². The number of pyridine rings is 1. The third-order valence-corrected chi connectivity index (χ3v) is 6.10. The SMILES string of the molecule is O=C(NC1(c2cccc(Br)c2)CCC1)[C@@H]1CC(=O)N(Cc2ccccn2)C1. The second kappa shape index (κ2) is 7.43. The van der Waals surface area contributed by atoms with Crippen molar-refractivity contribution in [3.05, 3.63) is 64.4 Å². The van der Waals surface area contributed by atoms with Gasteiger partial charge in [0.1, 0.15) is 0 Å². The fraction of sp³-hybridized carbons (Fsp3) is 0.381. The molecule has 2 heterocycles. The number of hydrogen-bond acceptors (Lipinski definition) is 3. The van der Waals surface area contributed by atoms with Gasteiger partial charge in [-0.1, -0.05) is 34.1 Å². The monoisotopic (exact) mass is 427 g/mol. The molecule has 1 aliphatic heterocycles. The van der Waals surface area contributed by atoms with E-state index in [1.54, 1.807) is 11.1 Å². The van der Waals surface area contributed by atoms with Gasteiger partial charge in [0, 0.05) is 23.6 Å². The zero-order valence-electron chi connectivity index (χ0n) is 15.0. The van der Waals surface area contributed by atoms with E-state index in [0.717, 1.165) is 35.0 Å². The standard InChI is InChI=1S/C21H22BrN3O2/c22-17-6-3-5-16(12-17)21(8-4-9-21)24-20(27)15-11-19(26)25(13-15)14-18-7-1-2-10-23-18/h1-3,5-7,10,12,15H,4,8-9,11,13-14H2,(H,24,27)/t15-/m1/s1. The fourth-order valence-electron chi connectivity index (χ4n) is 3.93. The van der Waals surface area contributed by atoms with Gasteiger partial charge in [0.15, 0.2) is 0 Å². The summed E-state index contributed by atoms with van der Waals surface area (Å²) in [5.74, 6) is -0.302. The van der Waals surface area contributed by atoms with Gasteiger partial charge in [0.05, 0.1) is 23.7 Å². The van der Waals surface area contributed by atoms with Gasteiger partial charge in [-0.05, 0) is 49.1 Å². The largest absolute Gasteiger partial charge is 0.346 e. The molecule has 2 fully saturated rings. The Morgan fingerprint density at radius 1 is 1.26 bits per heavy atom. The number of benzene rings is 1. The minimum Gasteiger partial charge on any atom is -0.346 e. The number of aromatic nitrogens is 1. The Morgan fingerprint density at radius 2 is 2.11 bits per heavy atom. The number of halogens is 1. The third kappa shape index (κ3) is 3.76. The van der Waals surface area contributed by atoms with Crippen molar-refractivity contribution in [3.8, 4) is 0 Å². The van der Waals surface area contributed by atoms with E-state index in [2.05, 4.69) is 38.4 Å². The van der Waals surface area contributed by atoms with E-state index in [0.29, 0.717) is 13.1 Å². The molecule has 5 nitrogen and oxygen atoms in total. The molecule has 6 heteroatoms. The first-order valence-electron chi connectivity index (χ1n) is 9.31. The van der Waals surface area contributed by atoms with Gasteiger partial charge >= 0.3 is 0 Å². The lowest BCUT2D eigenvalue weighted by atomic mass is 9.71. The summed E-state index contributed by atoms with van der Waals surface area (Å²) in [7, 11) is 0. The minimum atomic E-state index is -0.300. The lowest BCUT2D eigenvalue weighted by molar-refractivity contribution is -0.130. The first-order chi connectivity index (χ1) is 13.1. The van der Waals surface area contributed by atoms with Gasteiger partial charge in [-0.25, -0.2) is 0 Å². The molecule has 2 aromatic rings. The summed E-state index contributed by atoms with van der Waals surface area (Å²) < 4.78 is 1.01. The number of carbonyl (C=O) groups is 2.